The Kier molecular flexibility index (Phi) is 5.03. The lowest BCUT2D eigenvalue weighted by atomic mass is 9.78. The third-order valence-electron chi connectivity index (χ3n) is 5.89. The number of carboxylic acids is 1. The van der Waals surface area contributed by atoms with Crippen LogP contribution in [-0.2, 0) is 31.7 Å². The van der Waals surface area contributed by atoms with Gasteiger partial charge in [-0.05, 0) is 65.1 Å². The molecule has 2 N–H and O–H groups in total. The Morgan fingerprint density at radius 2 is 1.62 bits per heavy atom. The summed E-state index contributed by atoms with van der Waals surface area (Å²) in [6, 6.07) is 5.70. The molecule has 0 aromatic heterocycles. The Balaban J connectivity index is 1.82. The van der Waals surface area contributed by atoms with Crippen LogP contribution in [0.1, 0.15) is 59.6 Å². The number of benzene rings is 1. The first-order valence-corrected chi connectivity index (χ1v) is 9.86. The Morgan fingerprint density at radius 3 is 2.14 bits per heavy atom. The number of aliphatic carboxylic acids is 1. The molecule has 0 bridgehead atoms. The molecule has 1 aromatic rings. The summed E-state index contributed by atoms with van der Waals surface area (Å²) >= 11 is 0. The van der Waals surface area contributed by atoms with Gasteiger partial charge >= 0.3 is 19.2 Å². The second-order valence-corrected chi connectivity index (χ2v) is 9.98. The number of nitrogens with one attached hydrogen (secondary N) is 1. The van der Waals surface area contributed by atoms with Crippen LogP contribution in [0, 0.1) is 0 Å². The second kappa shape index (κ2) is 6.74. The average molecular weight is 403 g/mol. The van der Waals surface area contributed by atoms with Gasteiger partial charge in [0.2, 0.25) is 0 Å². The van der Waals surface area contributed by atoms with Gasteiger partial charge in [0.15, 0.2) is 0 Å². The van der Waals surface area contributed by atoms with E-state index in [4.69, 9.17) is 14.0 Å². The summed E-state index contributed by atoms with van der Waals surface area (Å²) in [7, 11) is -0.524. The van der Waals surface area contributed by atoms with E-state index in [2.05, 4.69) is 5.32 Å². The zero-order valence-electron chi connectivity index (χ0n) is 18.2. The number of alkyl carbamates (subject to hydrolysis) is 1. The molecule has 0 spiro atoms. The van der Waals surface area contributed by atoms with E-state index >= 15 is 0 Å². The van der Waals surface area contributed by atoms with Crippen molar-refractivity contribution in [3.63, 3.8) is 0 Å². The summed E-state index contributed by atoms with van der Waals surface area (Å²) in [5.74, 6) is -1.09. The number of carbonyl (C=O) groups is 2. The van der Waals surface area contributed by atoms with Gasteiger partial charge < -0.3 is 24.5 Å². The molecule has 7 nitrogen and oxygen atoms in total. The molecule has 158 valence electrons. The molecule has 0 saturated carbocycles. The van der Waals surface area contributed by atoms with Gasteiger partial charge in [-0.25, -0.2) is 9.59 Å². The van der Waals surface area contributed by atoms with Crippen LogP contribution < -0.4 is 10.8 Å². The lowest BCUT2D eigenvalue weighted by Crippen LogP contribution is -2.56. The maximum atomic E-state index is 12.3. The van der Waals surface area contributed by atoms with E-state index in [1.165, 1.54) is 0 Å². The van der Waals surface area contributed by atoms with Crippen LogP contribution in [-0.4, -0.2) is 46.6 Å². The number of rotatable bonds is 3. The van der Waals surface area contributed by atoms with Crippen molar-refractivity contribution in [2.45, 2.75) is 83.6 Å². The summed E-state index contributed by atoms with van der Waals surface area (Å²) in [4.78, 5) is 24.3. The standard InChI is InChI=1S/C21H30BNO6/c1-18(2,3)27-17(26)23-21(16(24)25)11-13-8-9-15(10-14(13)12-21)22-28-19(4,5)20(6,7)29-22/h8-10H,11-12H2,1-7H3,(H,23,26)(H,24,25). The molecular weight excluding hydrogens is 373 g/mol. The fourth-order valence-electron chi connectivity index (χ4n) is 3.61. The molecule has 8 heteroatoms. The fourth-order valence-corrected chi connectivity index (χ4v) is 3.61. The van der Waals surface area contributed by atoms with Gasteiger partial charge in [-0.1, -0.05) is 18.2 Å². The minimum absolute atomic E-state index is 0.171. The van der Waals surface area contributed by atoms with Gasteiger partial charge in [-0.15, -0.1) is 0 Å². The topological polar surface area (TPSA) is 94.1 Å². The molecule has 1 aliphatic carbocycles. The summed E-state index contributed by atoms with van der Waals surface area (Å²) in [5.41, 5.74) is -0.488. The molecule has 1 atom stereocenters. The van der Waals surface area contributed by atoms with Crippen LogP contribution in [0.2, 0.25) is 0 Å². The van der Waals surface area contributed by atoms with Gasteiger partial charge in [0, 0.05) is 12.8 Å². The van der Waals surface area contributed by atoms with Crippen LogP contribution in [0.3, 0.4) is 0 Å². The Hall–Kier alpha value is -2.06. The molecule has 1 amide bonds. The highest BCUT2D eigenvalue weighted by atomic mass is 16.7. The SMILES string of the molecule is CC(C)(C)OC(=O)NC1(C(=O)O)Cc2ccc(B3OC(C)(C)C(C)(C)O3)cc2C1. The zero-order valence-corrected chi connectivity index (χ0v) is 18.2. The second-order valence-electron chi connectivity index (χ2n) is 9.98. The Bertz CT molecular complexity index is 828. The number of amides is 1. The van der Waals surface area contributed by atoms with Gasteiger partial charge in [0.05, 0.1) is 11.2 Å². The Morgan fingerprint density at radius 1 is 1.07 bits per heavy atom. The van der Waals surface area contributed by atoms with Crippen LogP contribution in [0.15, 0.2) is 18.2 Å². The van der Waals surface area contributed by atoms with Crippen molar-refractivity contribution >= 4 is 24.6 Å². The number of carboxylic acid groups (broad SMARTS) is 1. The first kappa shape index (κ1) is 21.6. The third kappa shape index (κ3) is 4.14. The van der Waals surface area contributed by atoms with Crippen molar-refractivity contribution in [2.24, 2.45) is 0 Å². The molecule has 29 heavy (non-hydrogen) atoms. The number of ether oxygens (including phenoxy) is 1. The molecule has 3 rings (SSSR count). The summed E-state index contributed by atoms with van der Waals surface area (Å²) in [5, 5.41) is 12.5. The molecule has 2 aliphatic rings. The molecule has 1 aromatic carbocycles. The van der Waals surface area contributed by atoms with Gasteiger partial charge in [-0.2, -0.15) is 0 Å². The molecule has 1 fully saturated rings. The fraction of sp³-hybridized carbons (Fsp3) is 0.619. The third-order valence-corrected chi connectivity index (χ3v) is 5.89. The quantitative estimate of drug-likeness (QED) is 0.753. The van der Waals surface area contributed by atoms with E-state index in [9.17, 15) is 14.7 Å². The van der Waals surface area contributed by atoms with Crippen molar-refractivity contribution in [1.82, 2.24) is 5.32 Å². The van der Waals surface area contributed by atoms with E-state index in [0.29, 0.717) is 0 Å². The van der Waals surface area contributed by atoms with E-state index in [1.54, 1.807) is 20.8 Å². The molecular formula is C21H30BNO6. The van der Waals surface area contributed by atoms with Crippen LogP contribution in [0.25, 0.3) is 0 Å². The lowest BCUT2D eigenvalue weighted by molar-refractivity contribution is -0.144. The normalized spacial score (nSPS) is 24.9. The predicted octanol–water partition coefficient (Wildman–Crippen LogP) is 2.43. The maximum Gasteiger partial charge on any atom is 0.494 e. The lowest BCUT2D eigenvalue weighted by Gasteiger charge is -2.32. The smallest absolute Gasteiger partial charge is 0.479 e. The molecule has 1 unspecified atom stereocenters. The first-order chi connectivity index (χ1) is 13.1. The average Bonchev–Trinajstić information content (AvgIpc) is 2.99. The maximum absolute atomic E-state index is 12.3. The predicted molar refractivity (Wildman–Crippen MR) is 109 cm³/mol. The number of hydrogen-bond acceptors (Lipinski definition) is 5. The van der Waals surface area contributed by atoms with Crippen LogP contribution >= 0.6 is 0 Å². The highest BCUT2D eigenvalue weighted by Crippen LogP contribution is 2.37. The Labute approximate surface area is 172 Å². The largest absolute Gasteiger partial charge is 0.494 e. The van der Waals surface area contributed by atoms with Crippen LogP contribution in [0.4, 0.5) is 4.79 Å². The minimum Gasteiger partial charge on any atom is -0.479 e. The van der Waals surface area contributed by atoms with Gasteiger partial charge in [0.1, 0.15) is 11.1 Å². The zero-order chi connectivity index (χ0) is 21.8. The number of carbonyl (C=O) groups excluding carboxylic acids is 1. The monoisotopic (exact) mass is 403 g/mol. The van der Waals surface area contributed by atoms with E-state index in [-0.39, 0.29) is 12.8 Å². The van der Waals surface area contributed by atoms with Gasteiger partial charge in [-0.3, -0.25) is 0 Å². The van der Waals surface area contributed by atoms with Crippen molar-refractivity contribution < 1.29 is 28.7 Å². The van der Waals surface area contributed by atoms with Gasteiger partial charge in [0.25, 0.3) is 0 Å². The van der Waals surface area contributed by atoms with Crippen molar-refractivity contribution in [1.29, 1.82) is 0 Å². The van der Waals surface area contributed by atoms with E-state index in [1.807, 2.05) is 45.9 Å². The summed E-state index contributed by atoms with van der Waals surface area (Å²) < 4.78 is 17.5. The molecule has 0 radical (unpaired) electrons. The van der Waals surface area contributed by atoms with Crippen molar-refractivity contribution in [2.75, 3.05) is 0 Å². The summed E-state index contributed by atoms with van der Waals surface area (Å²) in [6.45, 7) is 13.2. The van der Waals surface area contributed by atoms with Crippen molar-refractivity contribution in [3.05, 3.63) is 29.3 Å². The van der Waals surface area contributed by atoms with E-state index in [0.717, 1.165) is 16.6 Å². The number of hydrogen-bond donors (Lipinski definition) is 2. The highest BCUT2D eigenvalue weighted by molar-refractivity contribution is 6.62. The minimum atomic E-state index is -1.43. The molecule has 1 heterocycles. The first-order valence-electron chi connectivity index (χ1n) is 9.86. The summed E-state index contributed by atoms with van der Waals surface area (Å²) in [6.07, 6.45) is -0.371. The number of fused-ring (bicyclic) bond motifs is 1. The highest BCUT2D eigenvalue weighted by Gasteiger charge is 2.52. The molecule has 1 saturated heterocycles. The van der Waals surface area contributed by atoms with Crippen molar-refractivity contribution in [3.8, 4) is 0 Å². The molecule has 1 aliphatic heterocycles. The van der Waals surface area contributed by atoms with E-state index < -0.39 is 41.5 Å². The van der Waals surface area contributed by atoms with Crippen LogP contribution in [0.5, 0.6) is 0 Å².